The van der Waals surface area contributed by atoms with Crippen LogP contribution in [0.5, 0.6) is 5.75 Å². The third-order valence-electron chi connectivity index (χ3n) is 4.25. The summed E-state index contributed by atoms with van der Waals surface area (Å²) >= 11 is 0. The van der Waals surface area contributed by atoms with Crippen LogP contribution in [-0.2, 0) is 24.7 Å². The Balaban J connectivity index is 1.82. The molecule has 1 spiro atoms. The largest absolute Gasteiger partial charge is 0.493 e. The van der Waals surface area contributed by atoms with E-state index < -0.39 is 42.0 Å². The van der Waals surface area contributed by atoms with E-state index in [4.69, 9.17) is 15.2 Å². The Morgan fingerprint density at radius 1 is 1.40 bits per heavy atom. The van der Waals surface area contributed by atoms with Crippen molar-refractivity contribution in [3.63, 3.8) is 0 Å². The first-order chi connectivity index (χ1) is 11.8. The molecule has 25 heavy (non-hydrogen) atoms. The number of hydrogen-bond acceptors (Lipinski definition) is 6. The van der Waals surface area contributed by atoms with Gasteiger partial charge in [0.1, 0.15) is 12.3 Å². The number of esters is 1. The van der Waals surface area contributed by atoms with Crippen molar-refractivity contribution < 1.29 is 28.7 Å². The Bertz CT molecular complexity index is 764. The van der Waals surface area contributed by atoms with Gasteiger partial charge in [0.05, 0.1) is 6.61 Å². The predicted molar refractivity (Wildman–Crippen MR) is 83.2 cm³/mol. The molecule has 1 saturated heterocycles. The molecule has 132 valence electrons. The summed E-state index contributed by atoms with van der Waals surface area (Å²) in [6, 6.07) is 6.20. The molecule has 0 bridgehead atoms. The molecule has 0 saturated carbocycles. The number of carbonyl (C=O) groups is 4. The summed E-state index contributed by atoms with van der Waals surface area (Å²) < 4.78 is 10.3. The van der Waals surface area contributed by atoms with E-state index in [-0.39, 0.29) is 13.0 Å². The topological polar surface area (TPSA) is 128 Å². The highest BCUT2D eigenvalue weighted by Gasteiger charge is 2.55. The molecule has 2 aliphatic heterocycles. The van der Waals surface area contributed by atoms with Crippen molar-refractivity contribution in [3.8, 4) is 5.75 Å². The number of rotatable bonds is 4. The number of hydrogen-bond donors (Lipinski definition) is 2. The van der Waals surface area contributed by atoms with Crippen LogP contribution in [0.1, 0.15) is 18.9 Å². The number of primary amides is 1. The van der Waals surface area contributed by atoms with Gasteiger partial charge in [-0.1, -0.05) is 18.2 Å². The molecular formula is C16H17N3O6. The van der Waals surface area contributed by atoms with Crippen LogP contribution in [0.4, 0.5) is 4.79 Å². The van der Waals surface area contributed by atoms with Crippen LogP contribution in [0.25, 0.3) is 0 Å². The highest BCUT2D eigenvalue weighted by atomic mass is 16.5. The van der Waals surface area contributed by atoms with Crippen LogP contribution in [0.15, 0.2) is 24.3 Å². The van der Waals surface area contributed by atoms with Gasteiger partial charge in [-0.15, -0.1) is 0 Å². The summed E-state index contributed by atoms with van der Waals surface area (Å²) in [5.74, 6) is -1.77. The Morgan fingerprint density at radius 2 is 2.12 bits per heavy atom. The van der Waals surface area contributed by atoms with Crippen LogP contribution in [0, 0.1) is 0 Å². The van der Waals surface area contributed by atoms with Crippen LogP contribution in [0.2, 0.25) is 0 Å². The average Bonchev–Trinajstić information content (AvgIpc) is 2.80. The fourth-order valence-electron chi connectivity index (χ4n) is 2.94. The smallest absolute Gasteiger partial charge is 0.327 e. The zero-order chi connectivity index (χ0) is 18.2. The van der Waals surface area contributed by atoms with E-state index in [9.17, 15) is 19.2 Å². The number of nitrogens with two attached hydrogens (primary N) is 1. The first kappa shape index (κ1) is 16.7. The van der Waals surface area contributed by atoms with Crippen LogP contribution in [-0.4, -0.2) is 48.0 Å². The zero-order valence-electron chi connectivity index (χ0n) is 13.5. The molecule has 1 aromatic carbocycles. The Labute approximate surface area is 143 Å². The van der Waals surface area contributed by atoms with E-state index in [2.05, 4.69) is 5.32 Å². The van der Waals surface area contributed by atoms with Crippen molar-refractivity contribution in [2.75, 3.05) is 13.2 Å². The van der Waals surface area contributed by atoms with Crippen LogP contribution < -0.4 is 15.8 Å². The lowest BCUT2D eigenvalue weighted by atomic mass is 9.84. The van der Waals surface area contributed by atoms with E-state index in [1.807, 2.05) is 0 Å². The van der Waals surface area contributed by atoms with Crippen molar-refractivity contribution in [1.29, 1.82) is 0 Å². The predicted octanol–water partition coefficient (Wildman–Crippen LogP) is -0.367. The quantitative estimate of drug-likeness (QED) is 0.565. The highest BCUT2D eigenvalue weighted by Crippen LogP contribution is 2.40. The molecule has 4 amide bonds. The number of nitrogens with one attached hydrogen (secondary N) is 1. The Morgan fingerprint density at radius 3 is 2.84 bits per heavy atom. The number of nitrogens with zero attached hydrogens (tertiary/aromatic N) is 1. The van der Waals surface area contributed by atoms with Gasteiger partial charge >= 0.3 is 12.0 Å². The van der Waals surface area contributed by atoms with E-state index in [0.29, 0.717) is 11.3 Å². The second-order valence-electron chi connectivity index (χ2n) is 5.86. The molecule has 2 atom stereocenters. The molecule has 1 fully saturated rings. The molecule has 0 aromatic heterocycles. The zero-order valence-corrected chi connectivity index (χ0v) is 13.5. The highest BCUT2D eigenvalue weighted by molar-refractivity contribution is 6.09. The second kappa shape index (κ2) is 6.08. The number of benzene rings is 1. The molecular weight excluding hydrogens is 330 g/mol. The van der Waals surface area contributed by atoms with E-state index in [1.54, 1.807) is 24.3 Å². The maximum atomic E-state index is 12.9. The van der Waals surface area contributed by atoms with Crippen molar-refractivity contribution >= 4 is 23.8 Å². The summed E-state index contributed by atoms with van der Waals surface area (Å²) in [7, 11) is 0. The van der Waals surface area contributed by atoms with Crippen LogP contribution >= 0.6 is 0 Å². The summed E-state index contributed by atoms with van der Waals surface area (Å²) in [5.41, 5.74) is 4.30. The minimum absolute atomic E-state index is 0.248. The van der Waals surface area contributed by atoms with Crippen molar-refractivity contribution in [3.05, 3.63) is 29.8 Å². The lowest BCUT2D eigenvalue weighted by Crippen LogP contribution is -2.48. The molecule has 1 aromatic rings. The SMILES string of the molecule is C[C@H](OC(=O)CN1C(=O)N[C@]2(CCOc3ccccc32)C1=O)C(N)=O. The third-order valence-corrected chi connectivity index (χ3v) is 4.25. The fraction of sp³-hybridized carbons (Fsp3) is 0.375. The molecule has 3 rings (SSSR count). The van der Waals surface area contributed by atoms with Crippen molar-refractivity contribution in [2.24, 2.45) is 5.73 Å². The van der Waals surface area contributed by atoms with E-state index >= 15 is 0 Å². The van der Waals surface area contributed by atoms with Gasteiger partial charge in [0.25, 0.3) is 11.8 Å². The molecule has 2 heterocycles. The summed E-state index contributed by atoms with van der Waals surface area (Å²) in [6.07, 6.45) is -0.899. The Hall–Kier alpha value is -3.10. The maximum Gasteiger partial charge on any atom is 0.327 e. The average molecular weight is 347 g/mol. The lowest BCUT2D eigenvalue weighted by Gasteiger charge is -2.33. The van der Waals surface area contributed by atoms with Gasteiger partial charge in [0, 0.05) is 12.0 Å². The molecule has 3 N–H and O–H groups in total. The first-order valence-electron chi connectivity index (χ1n) is 7.70. The standard InChI is InChI=1S/C16H17N3O6/c1-9(13(17)21)25-12(20)8-19-14(22)16(18-15(19)23)6-7-24-11-5-3-2-4-10(11)16/h2-5,9H,6-8H2,1H3,(H2,17,21)(H,18,23)/t9-,16-/m0/s1. The van der Waals surface area contributed by atoms with Gasteiger partial charge in [-0.3, -0.25) is 19.3 Å². The van der Waals surface area contributed by atoms with E-state index in [0.717, 1.165) is 4.90 Å². The van der Waals surface area contributed by atoms with Gasteiger partial charge in [0.15, 0.2) is 11.6 Å². The van der Waals surface area contributed by atoms with Gasteiger partial charge in [-0.2, -0.15) is 0 Å². The third kappa shape index (κ3) is 2.77. The van der Waals surface area contributed by atoms with Crippen LogP contribution in [0.3, 0.4) is 0 Å². The molecule has 9 nitrogen and oxygen atoms in total. The molecule has 0 radical (unpaired) electrons. The number of fused-ring (bicyclic) bond motifs is 2. The minimum Gasteiger partial charge on any atom is -0.493 e. The van der Waals surface area contributed by atoms with Crippen molar-refractivity contribution in [2.45, 2.75) is 25.0 Å². The van der Waals surface area contributed by atoms with Gasteiger partial charge < -0.3 is 20.5 Å². The van der Waals surface area contributed by atoms with Gasteiger partial charge in [0.2, 0.25) is 0 Å². The molecule has 0 unspecified atom stereocenters. The van der Waals surface area contributed by atoms with Gasteiger partial charge in [-0.25, -0.2) is 4.79 Å². The number of urea groups is 1. The summed E-state index contributed by atoms with van der Waals surface area (Å²) in [6.45, 7) is 0.954. The van der Waals surface area contributed by atoms with Gasteiger partial charge in [-0.05, 0) is 13.0 Å². The maximum absolute atomic E-state index is 12.9. The first-order valence-corrected chi connectivity index (χ1v) is 7.70. The lowest BCUT2D eigenvalue weighted by molar-refractivity contribution is -0.155. The molecule has 9 heteroatoms. The monoisotopic (exact) mass is 347 g/mol. The fourth-order valence-corrected chi connectivity index (χ4v) is 2.94. The molecule has 0 aliphatic carbocycles. The number of para-hydroxylation sites is 1. The Kier molecular flexibility index (Phi) is 4.07. The summed E-state index contributed by atoms with van der Waals surface area (Å²) in [4.78, 5) is 48.8. The molecule has 2 aliphatic rings. The van der Waals surface area contributed by atoms with E-state index in [1.165, 1.54) is 6.92 Å². The number of imide groups is 1. The normalized spacial score (nSPS) is 22.8. The summed E-state index contributed by atoms with van der Waals surface area (Å²) in [5, 5.41) is 2.66. The minimum atomic E-state index is -1.26. The second-order valence-corrected chi connectivity index (χ2v) is 5.86. The number of ether oxygens (including phenoxy) is 2. The number of amides is 4. The van der Waals surface area contributed by atoms with Crippen molar-refractivity contribution in [1.82, 2.24) is 10.2 Å². The number of carbonyl (C=O) groups excluding carboxylic acids is 4.